The fourth-order valence-corrected chi connectivity index (χ4v) is 3.81. The molecule has 0 aliphatic heterocycles. The fraction of sp³-hybridized carbons (Fsp3) is 0.296. The third kappa shape index (κ3) is 6.04. The maximum Gasteiger partial charge on any atom is 0.263 e. The summed E-state index contributed by atoms with van der Waals surface area (Å²) < 4.78 is 11.3. The lowest BCUT2D eigenvalue weighted by Crippen LogP contribution is -2.47. The largest absolute Gasteiger partial charge is 0.497 e. The van der Waals surface area contributed by atoms with Crippen LogP contribution in [0.2, 0.25) is 5.02 Å². The third-order valence-electron chi connectivity index (χ3n) is 5.69. The first kappa shape index (κ1) is 23.7. The highest BCUT2D eigenvalue weighted by Crippen LogP contribution is 2.33. The Kier molecular flexibility index (Phi) is 7.81. The van der Waals surface area contributed by atoms with E-state index in [9.17, 15) is 4.79 Å². The summed E-state index contributed by atoms with van der Waals surface area (Å²) in [5.41, 5.74) is 1.33. The van der Waals surface area contributed by atoms with Crippen LogP contribution in [-0.4, -0.2) is 25.2 Å². The van der Waals surface area contributed by atoms with Gasteiger partial charge in [-0.2, -0.15) is 0 Å². The second kappa shape index (κ2) is 10.6. The minimum Gasteiger partial charge on any atom is -0.497 e. The van der Waals surface area contributed by atoms with Gasteiger partial charge in [0, 0.05) is 17.5 Å². The molecule has 32 heavy (non-hydrogen) atoms. The summed E-state index contributed by atoms with van der Waals surface area (Å²) in [5.74, 6) is 1.51. The Hall–Kier alpha value is -2.98. The zero-order valence-electron chi connectivity index (χ0n) is 19.0. The average molecular weight is 452 g/mol. The maximum absolute atomic E-state index is 13.0. The van der Waals surface area contributed by atoms with Gasteiger partial charge in [-0.15, -0.1) is 0 Å². The molecule has 0 fully saturated rings. The second-order valence-corrected chi connectivity index (χ2v) is 8.79. The topological polar surface area (TPSA) is 47.6 Å². The van der Waals surface area contributed by atoms with Gasteiger partial charge in [0.15, 0.2) is 5.60 Å². The Morgan fingerprint density at radius 3 is 2.09 bits per heavy atom. The molecule has 3 aromatic rings. The van der Waals surface area contributed by atoms with Gasteiger partial charge in [-0.05, 0) is 67.3 Å². The Balaban J connectivity index is 1.76. The predicted octanol–water partition coefficient (Wildman–Crippen LogP) is 6.21. The molecule has 0 aromatic heterocycles. The third-order valence-corrected chi connectivity index (χ3v) is 5.94. The normalized spacial score (nSPS) is 13.2. The lowest BCUT2D eigenvalue weighted by molar-refractivity contribution is -0.134. The van der Waals surface area contributed by atoms with Gasteiger partial charge in [-0.1, -0.05) is 61.0 Å². The molecule has 0 heterocycles. The van der Waals surface area contributed by atoms with E-state index in [1.54, 1.807) is 45.2 Å². The molecule has 0 aliphatic carbocycles. The second-order valence-electron chi connectivity index (χ2n) is 8.36. The molecule has 0 bridgehead atoms. The van der Waals surface area contributed by atoms with Crippen LogP contribution >= 0.6 is 11.6 Å². The molecule has 0 spiro atoms. The molecule has 4 nitrogen and oxygen atoms in total. The number of ether oxygens (including phenoxy) is 2. The molecule has 2 atom stereocenters. The van der Waals surface area contributed by atoms with Crippen molar-refractivity contribution in [2.75, 3.05) is 13.7 Å². The highest BCUT2D eigenvalue weighted by molar-refractivity contribution is 6.30. The number of rotatable bonds is 9. The number of carbonyl (C=O) groups excluding carboxylic acids is 1. The van der Waals surface area contributed by atoms with E-state index in [0.717, 1.165) is 11.3 Å². The molecule has 2 unspecified atom stereocenters. The summed E-state index contributed by atoms with van der Waals surface area (Å²) in [6, 6.07) is 25.4. The number of nitrogens with one attached hydrogen (secondary N) is 1. The van der Waals surface area contributed by atoms with Crippen molar-refractivity contribution in [1.82, 2.24) is 5.32 Å². The molecule has 0 radical (unpaired) electrons. The summed E-state index contributed by atoms with van der Waals surface area (Å²) in [5, 5.41) is 3.73. The molecule has 168 valence electrons. The van der Waals surface area contributed by atoms with Gasteiger partial charge in [0.1, 0.15) is 11.5 Å². The zero-order chi connectivity index (χ0) is 23.1. The molecule has 3 rings (SSSR count). The summed E-state index contributed by atoms with van der Waals surface area (Å²) in [6.45, 7) is 6.19. The molecule has 1 amide bonds. The Morgan fingerprint density at radius 2 is 1.50 bits per heavy atom. The summed E-state index contributed by atoms with van der Waals surface area (Å²) in [6.07, 6.45) is 0. The van der Waals surface area contributed by atoms with Crippen LogP contribution in [-0.2, 0) is 4.79 Å². The van der Waals surface area contributed by atoms with E-state index >= 15 is 0 Å². The summed E-state index contributed by atoms with van der Waals surface area (Å²) >= 11 is 5.94. The Bertz CT molecular complexity index is 1000. The molecular weight excluding hydrogens is 422 g/mol. The van der Waals surface area contributed by atoms with Crippen LogP contribution in [0.25, 0.3) is 0 Å². The quantitative estimate of drug-likeness (QED) is 0.420. The van der Waals surface area contributed by atoms with Crippen molar-refractivity contribution in [2.24, 2.45) is 0 Å². The summed E-state index contributed by atoms with van der Waals surface area (Å²) in [7, 11) is 1.65. The van der Waals surface area contributed by atoms with Crippen molar-refractivity contribution in [1.29, 1.82) is 0 Å². The van der Waals surface area contributed by atoms with E-state index in [0.29, 0.717) is 17.3 Å². The molecular formula is C27H30ClNO3. The van der Waals surface area contributed by atoms with Crippen molar-refractivity contribution < 1.29 is 14.3 Å². The molecule has 0 saturated heterocycles. The maximum atomic E-state index is 13.0. The first-order chi connectivity index (χ1) is 15.3. The van der Waals surface area contributed by atoms with Crippen LogP contribution in [0.15, 0.2) is 78.9 Å². The summed E-state index contributed by atoms with van der Waals surface area (Å²) in [4.78, 5) is 13.0. The smallest absolute Gasteiger partial charge is 0.263 e. The van der Waals surface area contributed by atoms with Gasteiger partial charge in [-0.3, -0.25) is 4.79 Å². The first-order valence-electron chi connectivity index (χ1n) is 10.7. The van der Waals surface area contributed by atoms with Gasteiger partial charge in [0.2, 0.25) is 0 Å². The number of hydrogen-bond donors (Lipinski definition) is 1. The number of carbonyl (C=O) groups is 1. The number of benzene rings is 3. The SMILES string of the molecule is COc1ccc(C(CNC(=O)C(C)(C)Oc2ccc(Cl)cc2)C(C)c2ccccc2)cc1. The molecule has 0 saturated carbocycles. The fourth-order valence-electron chi connectivity index (χ4n) is 3.68. The minimum absolute atomic E-state index is 0.0820. The predicted molar refractivity (Wildman–Crippen MR) is 130 cm³/mol. The zero-order valence-corrected chi connectivity index (χ0v) is 19.7. The lowest BCUT2D eigenvalue weighted by Gasteiger charge is -2.29. The van der Waals surface area contributed by atoms with Crippen LogP contribution in [0, 0.1) is 0 Å². The van der Waals surface area contributed by atoms with Crippen LogP contribution in [0.3, 0.4) is 0 Å². The number of methoxy groups -OCH3 is 1. The van der Waals surface area contributed by atoms with Crippen LogP contribution in [0.5, 0.6) is 11.5 Å². The monoisotopic (exact) mass is 451 g/mol. The van der Waals surface area contributed by atoms with Crippen molar-refractivity contribution in [3.05, 3.63) is 95.0 Å². The number of hydrogen-bond acceptors (Lipinski definition) is 3. The van der Waals surface area contributed by atoms with E-state index < -0.39 is 5.60 Å². The van der Waals surface area contributed by atoms with Gasteiger partial charge < -0.3 is 14.8 Å². The number of halogens is 1. The van der Waals surface area contributed by atoms with E-state index in [-0.39, 0.29) is 17.7 Å². The first-order valence-corrected chi connectivity index (χ1v) is 11.1. The van der Waals surface area contributed by atoms with Crippen molar-refractivity contribution in [3.63, 3.8) is 0 Å². The van der Waals surface area contributed by atoms with E-state index in [4.69, 9.17) is 21.1 Å². The molecule has 0 aliphatic rings. The highest BCUT2D eigenvalue weighted by Gasteiger charge is 2.31. The van der Waals surface area contributed by atoms with Gasteiger partial charge in [0.25, 0.3) is 5.91 Å². The average Bonchev–Trinajstić information content (AvgIpc) is 2.81. The Morgan fingerprint density at radius 1 is 0.906 bits per heavy atom. The highest BCUT2D eigenvalue weighted by atomic mass is 35.5. The van der Waals surface area contributed by atoms with Crippen LogP contribution in [0.1, 0.15) is 43.7 Å². The van der Waals surface area contributed by atoms with E-state index in [2.05, 4.69) is 36.5 Å². The van der Waals surface area contributed by atoms with Crippen LogP contribution < -0.4 is 14.8 Å². The van der Waals surface area contributed by atoms with Gasteiger partial charge in [-0.25, -0.2) is 0 Å². The number of amides is 1. The molecule has 3 aromatic carbocycles. The minimum atomic E-state index is -1.03. The van der Waals surface area contributed by atoms with E-state index in [1.165, 1.54) is 5.56 Å². The van der Waals surface area contributed by atoms with Crippen LogP contribution in [0.4, 0.5) is 0 Å². The standard InChI is InChI=1S/C27H30ClNO3/c1-19(20-8-6-5-7-9-20)25(21-10-14-23(31-4)15-11-21)18-29-26(30)27(2,3)32-24-16-12-22(28)13-17-24/h5-17,19,25H,18H2,1-4H3,(H,29,30). The van der Waals surface area contributed by atoms with Gasteiger partial charge >= 0.3 is 0 Å². The van der Waals surface area contributed by atoms with E-state index in [1.807, 2.05) is 30.3 Å². The van der Waals surface area contributed by atoms with Crippen molar-refractivity contribution in [3.8, 4) is 11.5 Å². The molecule has 5 heteroatoms. The lowest BCUT2D eigenvalue weighted by atomic mass is 9.82. The van der Waals surface area contributed by atoms with Gasteiger partial charge in [0.05, 0.1) is 7.11 Å². The Labute approximate surface area is 195 Å². The molecule has 1 N–H and O–H groups in total. The van der Waals surface area contributed by atoms with Crippen molar-refractivity contribution in [2.45, 2.75) is 38.2 Å². The van der Waals surface area contributed by atoms with Crippen molar-refractivity contribution >= 4 is 17.5 Å².